The second-order valence-corrected chi connectivity index (χ2v) is 6.82. The van der Waals surface area contributed by atoms with E-state index >= 15 is 0 Å². The lowest BCUT2D eigenvalue weighted by atomic mass is 10.1. The minimum absolute atomic E-state index is 0.0546. The fourth-order valence-electron chi connectivity index (χ4n) is 3.47. The predicted octanol–water partition coefficient (Wildman–Crippen LogP) is 3.39. The number of carbonyl (C=O) groups excluding carboxylic acids is 1. The highest BCUT2D eigenvalue weighted by Crippen LogP contribution is 2.29. The van der Waals surface area contributed by atoms with Gasteiger partial charge in [-0.25, -0.2) is 4.79 Å². The number of benzene rings is 1. The second-order valence-electron chi connectivity index (χ2n) is 6.82. The molecule has 0 radical (unpaired) electrons. The summed E-state index contributed by atoms with van der Waals surface area (Å²) in [5, 5.41) is 0.833. The highest BCUT2D eigenvalue weighted by Gasteiger charge is 2.27. The highest BCUT2D eigenvalue weighted by atomic mass is 16.5. The number of para-hydroxylation sites is 1. The SMILES string of the molecule is COc1cccc2cc(C(=O)N3CCC(Oc4cc(C)oc(=O)c4)CC3)oc12. The number of rotatable bonds is 4. The molecule has 3 heterocycles. The van der Waals surface area contributed by atoms with E-state index < -0.39 is 5.63 Å². The second kappa shape index (κ2) is 7.42. The molecule has 0 atom stereocenters. The molecule has 2 aromatic heterocycles. The minimum atomic E-state index is -0.428. The van der Waals surface area contributed by atoms with Gasteiger partial charge in [0.15, 0.2) is 17.1 Å². The van der Waals surface area contributed by atoms with Gasteiger partial charge in [-0.15, -0.1) is 0 Å². The van der Waals surface area contributed by atoms with Crippen molar-refractivity contribution in [2.75, 3.05) is 20.2 Å². The van der Waals surface area contributed by atoms with Crippen LogP contribution in [0.2, 0.25) is 0 Å². The molecule has 0 aliphatic carbocycles. The number of piperidine rings is 1. The topological polar surface area (TPSA) is 82.1 Å². The molecule has 1 amide bonds. The quantitative estimate of drug-likeness (QED) is 0.687. The lowest BCUT2D eigenvalue weighted by molar-refractivity contribution is 0.0567. The Bertz CT molecular complexity index is 1060. The summed E-state index contributed by atoms with van der Waals surface area (Å²) < 4.78 is 21.9. The molecule has 1 aliphatic rings. The molecule has 3 aromatic rings. The molecule has 0 N–H and O–H groups in total. The molecule has 0 saturated carbocycles. The Kier molecular flexibility index (Phi) is 4.81. The number of nitrogens with zero attached hydrogens (tertiary/aromatic N) is 1. The summed E-state index contributed by atoms with van der Waals surface area (Å²) in [4.78, 5) is 26.0. The van der Waals surface area contributed by atoms with E-state index in [4.69, 9.17) is 18.3 Å². The van der Waals surface area contributed by atoms with Crippen LogP contribution in [0.25, 0.3) is 11.0 Å². The molecule has 0 spiro atoms. The first kappa shape index (κ1) is 18.2. The van der Waals surface area contributed by atoms with E-state index in [1.165, 1.54) is 6.07 Å². The summed E-state index contributed by atoms with van der Waals surface area (Å²) in [5.41, 5.74) is 0.146. The number of hydrogen-bond donors (Lipinski definition) is 0. The molecule has 1 aromatic carbocycles. The standard InChI is InChI=1S/C21H21NO6/c1-13-10-16(12-19(23)26-13)27-15-6-8-22(9-7-15)21(24)18-11-14-4-3-5-17(25-2)20(14)28-18/h3-5,10-12,15H,6-9H2,1-2H3. The summed E-state index contributed by atoms with van der Waals surface area (Å²) in [6, 6.07) is 10.3. The average Bonchev–Trinajstić information content (AvgIpc) is 3.11. The van der Waals surface area contributed by atoms with Crippen molar-refractivity contribution >= 4 is 16.9 Å². The molecule has 1 fully saturated rings. The van der Waals surface area contributed by atoms with Crippen LogP contribution in [0.1, 0.15) is 29.2 Å². The Morgan fingerprint density at radius 1 is 1.14 bits per heavy atom. The molecule has 7 nitrogen and oxygen atoms in total. The van der Waals surface area contributed by atoms with Crippen LogP contribution in [-0.2, 0) is 0 Å². The van der Waals surface area contributed by atoms with Gasteiger partial charge in [-0.1, -0.05) is 12.1 Å². The van der Waals surface area contributed by atoms with Gasteiger partial charge in [-0.05, 0) is 19.1 Å². The van der Waals surface area contributed by atoms with Crippen molar-refractivity contribution in [3.63, 3.8) is 0 Å². The van der Waals surface area contributed by atoms with Gasteiger partial charge in [0.05, 0.1) is 13.2 Å². The Labute approximate surface area is 161 Å². The first-order valence-corrected chi connectivity index (χ1v) is 9.18. The van der Waals surface area contributed by atoms with Crippen molar-refractivity contribution in [1.29, 1.82) is 0 Å². The van der Waals surface area contributed by atoms with Crippen LogP contribution in [0.4, 0.5) is 0 Å². The molecule has 1 saturated heterocycles. The fraction of sp³-hybridized carbons (Fsp3) is 0.333. The smallest absolute Gasteiger partial charge is 0.339 e. The summed E-state index contributed by atoms with van der Waals surface area (Å²) in [7, 11) is 1.57. The number of fused-ring (bicyclic) bond motifs is 1. The summed E-state index contributed by atoms with van der Waals surface area (Å²) >= 11 is 0. The number of amides is 1. The molecule has 146 valence electrons. The lowest BCUT2D eigenvalue weighted by Crippen LogP contribution is -2.41. The number of hydrogen-bond acceptors (Lipinski definition) is 6. The van der Waals surface area contributed by atoms with E-state index in [2.05, 4.69) is 0 Å². The number of methoxy groups -OCH3 is 1. The Morgan fingerprint density at radius 2 is 1.93 bits per heavy atom. The summed E-state index contributed by atoms with van der Waals surface area (Å²) in [5.74, 6) is 1.77. The van der Waals surface area contributed by atoms with Crippen LogP contribution in [-0.4, -0.2) is 37.1 Å². The van der Waals surface area contributed by atoms with E-state index in [1.54, 1.807) is 37.1 Å². The zero-order chi connectivity index (χ0) is 19.7. The molecular formula is C21H21NO6. The maximum Gasteiger partial charge on any atom is 0.339 e. The van der Waals surface area contributed by atoms with Crippen LogP contribution < -0.4 is 15.1 Å². The number of ether oxygens (including phenoxy) is 2. The van der Waals surface area contributed by atoms with Crippen LogP contribution in [0.5, 0.6) is 11.5 Å². The van der Waals surface area contributed by atoms with E-state index in [-0.39, 0.29) is 12.0 Å². The van der Waals surface area contributed by atoms with Gasteiger partial charge in [0.25, 0.3) is 5.91 Å². The van der Waals surface area contributed by atoms with Gasteiger partial charge in [-0.2, -0.15) is 0 Å². The van der Waals surface area contributed by atoms with Crippen molar-refractivity contribution in [2.24, 2.45) is 0 Å². The third-order valence-electron chi connectivity index (χ3n) is 4.84. The Balaban J connectivity index is 1.42. The van der Waals surface area contributed by atoms with E-state index in [0.29, 0.717) is 54.5 Å². The van der Waals surface area contributed by atoms with Crippen LogP contribution in [0.15, 0.2) is 50.0 Å². The molecule has 1 aliphatic heterocycles. The van der Waals surface area contributed by atoms with Gasteiger partial charge in [0, 0.05) is 37.4 Å². The first-order valence-electron chi connectivity index (χ1n) is 9.18. The van der Waals surface area contributed by atoms with Crippen LogP contribution in [0, 0.1) is 6.92 Å². The average molecular weight is 383 g/mol. The number of aryl methyl sites for hydroxylation is 1. The summed E-state index contributed by atoms with van der Waals surface area (Å²) in [6.07, 6.45) is 1.30. The van der Waals surface area contributed by atoms with E-state index in [9.17, 15) is 9.59 Å². The van der Waals surface area contributed by atoms with Crippen molar-refractivity contribution in [3.05, 3.63) is 58.3 Å². The number of likely N-dealkylation sites (tertiary alicyclic amines) is 1. The van der Waals surface area contributed by atoms with Crippen molar-refractivity contribution < 1.29 is 23.1 Å². The van der Waals surface area contributed by atoms with Crippen molar-refractivity contribution in [3.8, 4) is 11.5 Å². The highest BCUT2D eigenvalue weighted by molar-refractivity contribution is 5.97. The van der Waals surface area contributed by atoms with Crippen LogP contribution >= 0.6 is 0 Å². The van der Waals surface area contributed by atoms with Crippen LogP contribution in [0.3, 0.4) is 0 Å². The van der Waals surface area contributed by atoms with E-state index in [0.717, 1.165) is 5.39 Å². The third kappa shape index (κ3) is 3.60. The largest absolute Gasteiger partial charge is 0.493 e. The molecule has 7 heteroatoms. The van der Waals surface area contributed by atoms with E-state index in [1.807, 2.05) is 12.1 Å². The Hall–Kier alpha value is -3.22. The zero-order valence-corrected chi connectivity index (χ0v) is 15.8. The van der Waals surface area contributed by atoms with Gasteiger partial charge >= 0.3 is 5.63 Å². The molecule has 28 heavy (non-hydrogen) atoms. The maximum absolute atomic E-state index is 12.8. The third-order valence-corrected chi connectivity index (χ3v) is 4.84. The number of furan rings is 1. The normalized spacial score (nSPS) is 15.0. The van der Waals surface area contributed by atoms with Gasteiger partial charge in [0.2, 0.25) is 0 Å². The zero-order valence-electron chi connectivity index (χ0n) is 15.8. The minimum Gasteiger partial charge on any atom is -0.493 e. The first-order chi connectivity index (χ1) is 13.5. The van der Waals surface area contributed by atoms with Gasteiger partial charge in [-0.3, -0.25) is 4.79 Å². The number of carbonyl (C=O) groups is 1. The van der Waals surface area contributed by atoms with Crippen molar-refractivity contribution in [2.45, 2.75) is 25.9 Å². The lowest BCUT2D eigenvalue weighted by Gasteiger charge is -2.31. The van der Waals surface area contributed by atoms with Gasteiger partial charge in [0.1, 0.15) is 17.6 Å². The van der Waals surface area contributed by atoms with Gasteiger partial charge < -0.3 is 23.2 Å². The predicted molar refractivity (Wildman–Crippen MR) is 102 cm³/mol. The fourth-order valence-corrected chi connectivity index (χ4v) is 3.47. The molecular weight excluding hydrogens is 362 g/mol. The molecule has 0 unspecified atom stereocenters. The molecule has 4 rings (SSSR count). The van der Waals surface area contributed by atoms with Crippen molar-refractivity contribution in [1.82, 2.24) is 4.90 Å². The summed E-state index contributed by atoms with van der Waals surface area (Å²) in [6.45, 7) is 2.81. The maximum atomic E-state index is 12.8. The monoisotopic (exact) mass is 383 g/mol. The Morgan fingerprint density at radius 3 is 2.64 bits per heavy atom. The molecule has 0 bridgehead atoms.